The van der Waals surface area contributed by atoms with Gasteiger partial charge < -0.3 is 4.74 Å². The number of pyridine rings is 1. The summed E-state index contributed by atoms with van der Waals surface area (Å²) < 4.78 is 5.12. The van der Waals surface area contributed by atoms with Gasteiger partial charge in [0.1, 0.15) is 6.07 Å². The maximum absolute atomic E-state index is 9.13. The van der Waals surface area contributed by atoms with E-state index in [1.54, 1.807) is 19.4 Å². The summed E-state index contributed by atoms with van der Waals surface area (Å²) in [4.78, 5) is 4.38. The number of aromatic nitrogens is 1. The van der Waals surface area contributed by atoms with E-state index in [2.05, 4.69) is 44.0 Å². The molecule has 0 amide bonds. The number of ether oxygens (including phenoxy) is 1. The van der Waals surface area contributed by atoms with Crippen molar-refractivity contribution >= 4 is 0 Å². The molecule has 0 radical (unpaired) electrons. The molecule has 0 spiro atoms. The van der Waals surface area contributed by atoms with E-state index in [1.807, 2.05) is 0 Å². The maximum atomic E-state index is 9.13. The molecule has 0 N–H and O–H groups in total. The highest BCUT2D eigenvalue weighted by molar-refractivity contribution is 5.67. The smallest absolute Gasteiger partial charge is 0.154 e. The van der Waals surface area contributed by atoms with E-state index in [9.17, 15) is 0 Å². The van der Waals surface area contributed by atoms with Crippen LogP contribution in [0.1, 0.15) is 22.3 Å². The van der Waals surface area contributed by atoms with Crippen LogP contribution in [0.3, 0.4) is 0 Å². The van der Waals surface area contributed by atoms with Crippen molar-refractivity contribution in [3.8, 4) is 23.1 Å². The molecule has 1 aromatic heterocycles. The van der Waals surface area contributed by atoms with Crippen LogP contribution < -0.4 is 4.74 Å². The van der Waals surface area contributed by atoms with Crippen LogP contribution in [0.15, 0.2) is 24.4 Å². The van der Waals surface area contributed by atoms with Crippen LogP contribution in [0.25, 0.3) is 11.3 Å². The maximum Gasteiger partial charge on any atom is 0.154 e. The summed E-state index contributed by atoms with van der Waals surface area (Å²) in [5.74, 6) is 0.507. The van der Waals surface area contributed by atoms with Gasteiger partial charge in [0.05, 0.1) is 24.6 Å². The van der Waals surface area contributed by atoms with Crippen molar-refractivity contribution < 1.29 is 4.74 Å². The highest BCUT2D eigenvalue weighted by Crippen LogP contribution is 2.28. The van der Waals surface area contributed by atoms with Crippen molar-refractivity contribution in [1.29, 1.82) is 5.26 Å². The molecular formula is C16H16N2O. The highest BCUT2D eigenvalue weighted by atomic mass is 16.5. The zero-order valence-corrected chi connectivity index (χ0v) is 11.6. The Balaban J connectivity index is 2.60. The third kappa shape index (κ3) is 2.43. The first kappa shape index (κ1) is 13.1. The van der Waals surface area contributed by atoms with E-state index >= 15 is 0 Å². The lowest BCUT2D eigenvalue weighted by atomic mass is 9.98. The number of benzene rings is 1. The Morgan fingerprint density at radius 1 is 1.05 bits per heavy atom. The molecule has 3 heteroatoms. The van der Waals surface area contributed by atoms with Gasteiger partial charge in [-0.3, -0.25) is 4.98 Å². The Morgan fingerprint density at radius 3 is 2.37 bits per heavy atom. The molecule has 19 heavy (non-hydrogen) atoms. The third-order valence-electron chi connectivity index (χ3n) is 3.32. The Hall–Kier alpha value is -2.34. The van der Waals surface area contributed by atoms with Crippen molar-refractivity contribution in [1.82, 2.24) is 4.98 Å². The average Bonchev–Trinajstić information content (AvgIpc) is 2.42. The zero-order chi connectivity index (χ0) is 14.0. The Kier molecular flexibility index (Phi) is 3.52. The number of hydrogen-bond donors (Lipinski definition) is 0. The minimum Gasteiger partial charge on any atom is -0.494 e. The van der Waals surface area contributed by atoms with E-state index in [-0.39, 0.29) is 0 Å². The molecule has 96 valence electrons. The number of nitriles is 1. The van der Waals surface area contributed by atoms with Gasteiger partial charge in [0.2, 0.25) is 0 Å². The van der Waals surface area contributed by atoms with Crippen LogP contribution in [0, 0.1) is 32.1 Å². The van der Waals surface area contributed by atoms with Crippen LogP contribution in [-0.4, -0.2) is 12.1 Å². The standard InChI is InChI=1S/C16H16N2O/c1-10-5-12(3)14(6-11(10)2)15-7-13(8-17)16(19-4)9-18-15/h5-7,9H,1-4H3. The van der Waals surface area contributed by atoms with E-state index in [0.717, 1.165) is 16.8 Å². The minimum atomic E-state index is 0.505. The van der Waals surface area contributed by atoms with Gasteiger partial charge in [-0.1, -0.05) is 6.07 Å². The number of aryl methyl sites for hydroxylation is 3. The summed E-state index contributed by atoms with van der Waals surface area (Å²) in [5, 5.41) is 9.13. The van der Waals surface area contributed by atoms with Crippen LogP contribution in [0.5, 0.6) is 5.75 Å². The predicted molar refractivity (Wildman–Crippen MR) is 75.2 cm³/mol. The van der Waals surface area contributed by atoms with E-state index in [4.69, 9.17) is 10.00 Å². The number of methoxy groups -OCH3 is 1. The summed E-state index contributed by atoms with van der Waals surface area (Å²) in [5.41, 5.74) is 6.00. The summed E-state index contributed by atoms with van der Waals surface area (Å²) >= 11 is 0. The van der Waals surface area contributed by atoms with E-state index in [0.29, 0.717) is 11.3 Å². The first-order chi connectivity index (χ1) is 9.06. The topological polar surface area (TPSA) is 45.9 Å². The van der Waals surface area contributed by atoms with Crippen LogP contribution in [0.2, 0.25) is 0 Å². The molecule has 3 nitrogen and oxygen atoms in total. The summed E-state index contributed by atoms with van der Waals surface area (Å²) in [7, 11) is 1.54. The van der Waals surface area contributed by atoms with E-state index in [1.165, 1.54) is 11.1 Å². The van der Waals surface area contributed by atoms with Gasteiger partial charge in [0.25, 0.3) is 0 Å². The van der Waals surface area contributed by atoms with Crippen LogP contribution in [0.4, 0.5) is 0 Å². The van der Waals surface area contributed by atoms with Crippen LogP contribution in [-0.2, 0) is 0 Å². The summed E-state index contributed by atoms with van der Waals surface area (Å²) in [6, 6.07) is 8.16. The molecule has 0 unspecified atom stereocenters. The monoisotopic (exact) mass is 252 g/mol. The van der Waals surface area contributed by atoms with Gasteiger partial charge in [-0.2, -0.15) is 5.26 Å². The SMILES string of the molecule is COc1cnc(-c2cc(C)c(C)cc2C)cc1C#N. The second kappa shape index (κ2) is 5.11. The number of nitrogens with zero attached hydrogens (tertiary/aromatic N) is 2. The molecule has 1 heterocycles. The molecule has 0 aliphatic heterocycles. The lowest BCUT2D eigenvalue weighted by Gasteiger charge is -2.10. The Bertz CT molecular complexity index is 669. The van der Waals surface area contributed by atoms with Crippen molar-refractivity contribution in [2.45, 2.75) is 20.8 Å². The lowest BCUT2D eigenvalue weighted by Crippen LogP contribution is -1.94. The molecule has 0 aliphatic rings. The molecule has 2 aromatic rings. The molecule has 0 saturated carbocycles. The normalized spacial score (nSPS) is 10.1. The molecule has 1 aromatic carbocycles. The first-order valence-electron chi connectivity index (χ1n) is 6.09. The largest absolute Gasteiger partial charge is 0.494 e. The summed E-state index contributed by atoms with van der Waals surface area (Å²) in [6.07, 6.45) is 1.60. The highest BCUT2D eigenvalue weighted by Gasteiger charge is 2.10. The fourth-order valence-electron chi connectivity index (χ4n) is 2.08. The second-order valence-corrected chi connectivity index (χ2v) is 4.63. The zero-order valence-electron chi connectivity index (χ0n) is 11.6. The lowest BCUT2D eigenvalue weighted by molar-refractivity contribution is 0.411. The van der Waals surface area contributed by atoms with Crippen molar-refractivity contribution in [2.24, 2.45) is 0 Å². The summed E-state index contributed by atoms with van der Waals surface area (Å²) in [6.45, 7) is 6.22. The molecular weight excluding hydrogens is 236 g/mol. The molecule has 0 saturated heterocycles. The molecule has 0 atom stereocenters. The molecule has 0 aliphatic carbocycles. The quantitative estimate of drug-likeness (QED) is 0.821. The Morgan fingerprint density at radius 2 is 1.74 bits per heavy atom. The van der Waals surface area contributed by atoms with Crippen LogP contribution >= 0.6 is 0 Å². The van der Waals surface area contributed by atoms with E-state index < -0.39 is 0 Å². The van der Waals surface area contributed by atoms with Gasteiger partial charge >= 0.3 is 0 Å². The number of hydrogen-bond acceptors (Lipinski definition) is 3. The van der Waals surface area contributed by atoms with Gasteiger partial charge in [-0.25, -0.2) is 0 Å². The first-order valence-corrected chi connectivity index (χ1v) is 6.09. The predicted octanol–water partition coefficient (Wildman–Crippen LogP) is 3.55. The fraction of sp³-hybridized carbons (Fsp3) is 0.250. The molecule has 2 rings (SSSR count). The van der Waals surface area contributed by atoms with Crippen molar-refractivity contribution in [3.63, 3.8) is 0 Å². The average molecular weight is 252 g/mol. The van der Waals surface area contributed by atoms with Gasteiger partial charge in [0, 0.05) is 5.56 Å². The molecule has 0 bridgehead atoms. The Labute approximate surface area is 113 Å². The van der Waals surface area contributed by atoms with Gasteiger partial charge in [-0.15, -0.1) is 0 Å². The molecule has 0 fully saturated rings. The van der Waals surface area contributed by atoms with Crippen molar-refractivity contribution in [3.05, 3.63) is 46.6 Å². The van der Waals surface area contributed by atoms with Crippen molar-refractivity contribution in [2.75, 3.05) is 7.11 Å². The minimum absolute atomic E-state index is 0.505. The number of rotatable bonds is 2. The second-order valence-electron chi connectivity index (χ2n) is 4.63. The third-order valence-corrected chi connectivity index (χ3v) is 3.32. The van der Waals surface area contributed by atoms with Gasteiger partial charge in [-0.05, 0) is 49.6 Å². The van der Waals surface area contributed by atoms with Gasteiger partial charge in [0.15, 0.2) is 5.75 Å². The fourth-order valence-corrected chi connectivity index (χ4v) is 2.08.